The molecule has 0 saturated carbocycles. The minimum atomic E-state index is 0.771. The number of hydrogen-bond acceptors (Lipinski definition) is 3. The molecule has 0 radical (unpaired) electrons. The van der Waals surface area contributed by atoms with Crippen LogP contribution in [0.2, 0.25) is 0 Å². The number of rotatable bonds is 3. The Morgan fingerprint density at radius 1 is 1.62 bits per heavy atom. The predicted molar refractivity (Wildman–Crippen MR) is 55.1 cm³/mol. The van der Waals surface area contributed by atoms with Crippen molar-refractivity contribution in [1.82, 2.24) is 9.55 Å². The number of aromatic nitrogens is 2. The van der Waals surface area contributed by atoms with Crippen LogP contribution >= 0.6 is 11.8 Å². The zero-order valence-electron chi connectivity index (χ0n) is 7.92. The van der Waals surface area contributed by atoms with E-state index in [4.69, 9.17) is 5.73 Å². The Kier molecular flexibility index (Phi) is 2.60. The Bertz CT molecular complexity index is 306. The van der Waals surface area contributed by atoms with Crippen molar-refractivity contribution >= 4 is 11.8 Å². The van der Waals surface area contributed by atoms with Gasteiger partial charge < -0.3 is 10.3 Å². The molecule has 1 aliphatic rings. The third kappa shape index (κ3) is 1.60. The van der Waals surface area contributed by atoms with Gasteiger partial charge in [-0.2, -0.15) is 0 Å². The fourth-order valence-electron chi connectivity index (χ4n) is 1.73. The second-order valence-electron chi connectivity index (χ2n) is 3.32. The van der Waals surface area contributed by atoms with Gasteiger partial charge in [0.15, 0.2) is 5.16 Å². The van der Waals surface area contributed by atoms with Crippen LogP contribution < -0.4 is 5.73 Å². The van der Waals surface area contributed by atoms with E-state index in [-0.39, 0.29) is 0 Å². The molecule has 1 aromatic rings. The van der Waals surface area contributed by atoms with Crippen molar-refractivity contribution in [3.8, 4) is 0 Å². The molecule has 0 aliphatic carbocycles. The number of imidazole rings is 1. The highest BCUT2D eigenvalue weighted by molar-refractivity contribution is 7.99. The molecule has 3 nitrogen and oxygen atoms in total. The summed E-state index contributed by atoms with van der Waals surface area (Å²) in [4.78, 5) is 4.53. The average molecular weight is 197 g/mol. The molecular formula is C9H15N3S. The van der Waals surface area contributed by atoms with E-state index in [2.05, 4.69) is 16.5 Å². The van der Waals surface area contributed by atoms with Crippen LogP contribution in [-0.4, -0.2) is 21.8 Å². The van der Waals surface area contributed by atoms with Gasteiger partial charge >= 0.3 is 0 Å². The van der Waals surface area contributed by atoms with Crippen LogP contribution in [0.4, 0.5) is 0 Å². The van der Waals surface area contributed by atoms with Crippen molar-refractivity contribution < 1.29 is 0 Å². The van der Waals surface area contributed by atoms with Crippen LogP contribution in [0, 0.1) is 6.92 Å². The fourth-order valence-corrected chi connectivity index (χ4v) is 2.75. The first-order valence-electron chi connectivity index (χ1n) is 4.72. The second kappa shape index (κ2) is 3.72. The molecule has 1 aromatic heterocycles. The van der Waals surface area contributed by atoms with E-state index in [1.165, 1.54) is 22.3 Å². The summed E-state index contributed by atoms with van der Waals surface area (Å²) in [5.74, 6) is 1.18. The number of nitrogens with two attached hydrogens (primary N) is 1. The van der Waals surface area contributed by atoms with Gasteiger partial charge in [0.1, 0.15) is 0 Å². The predicted octanol–water partition coefficient (Wildman–Crippen LogP) is 1.19. The molecule has 0 saturated heterocycles. The van der Waals surface area contributed by atoms with E-state index in [9.17, 15) is 0 Å². The summed E-state index contributed by atoms with van der Waals surface area (Å²) in [6.07, 6.45) is 2.15. The molecule has 0 spiro atoms. The molecule has 72 valence electrons. The van der Waals surface area contributed by atoms with E-state index in [0.717, 1.165) is 25.9 Å². The number of aryl methyl sites for hydroxylation is 1. The van der Waals surface area contributed by atoms with Gasteiger partial charge in [0.05, 0.1) is 5.69 Å². The lowest BCUT2D eigenvalue weighted by molar-refractivity contribution is 0.659. The third-order valence-corrected chi connectivity index (χ3v) is 3.36. The highest BCUT2D eigenvalue weighted by Gasteiger charge is 2.18. The van der Waals surface area contributed by atoms with Gasteiger partial charge in [-0.25, -0.2) is 4.98 Å². The first kappa shape index (κ1) is 9.09. The van der Waals surface area contributed by atoms with Crippen LogP contribution in [-0.2, 0) is 13.0 Å². The van der Waals surface area contributed by atoms with Crippen molar-refractivity contribution in [2.75, 3.05) is 12.3 Å². The molecule has 2 N–H and O–H groups in total. The maximum absolute atomic E-state index is 5.51. The van der Waals surface area contributed by atoms with Crippen LogP contribution in [0.5, 0.6) is 0 Å². The zero-order chi connectivity index (χ0) is 9.26. The van der Waals surface area contributed by atoms with Gasteiger partial charge in [-0.15, -0.1) is 0 Å². The van der Waals surface area contributed by atoms with E-state index < -0.39 is 0 Å². The Morgan fingerprint density at radius 2 is 2.46 bits per heavy atom. The lowest BCUT2D eigenvalue weighted by Crippen LogP contribution is -2.06. The summed E-state index contributed by atoms with van der Waals surface area (Å²) in [6.45, 7) is 3.99. The maximum Gasteiger partial charge on any atom is 0.168 e. The molecule has 0 fully saturated rings. The van der Waals surface area contributed by atoms with Crippen LogP contribution in [0.25, 0.3) is 0 Å². The molecule has 4 heteroatoms. The second-order valence-corrected chi connectivity index (χ2v) is 4.38. The molecule has 0 amide bonds. The Labute approximate surface area is 82.7 Å². The monoisotopic (exact) mass is 197 g/mol. The summed E-state index contributed by atoms with van der Waals surface area (Å²) < 4.78 is 2.34. The SMILES string of the molecule is Cc1nc2n(c1CCCN)CCS2. The standard InChI is InChI=1S/C9H15N3S/c1-7-8(3-2-4-10)12-5-6-13-9(12)11-7/h2-6,10H2,1H3. The number of hydrogen-bond donors (Lipinski definition) is 1. The van der Waals surface area contributed by atoms with Gasteiger partial charge in [0.25, 0.3) is 0 Å². The van der Waals surface area contributed by atoms with Crippen LogP contribution in [0.15, 0.2) is 5.16 Å². The van der Waals surface area contributed by atoms with Crippen molar-refractivity contribution in [3.05, 3.63) is 11.4 Å². The van der Waals surface area contributed by atoms with E-state index in [1.807, 2.05) is 11.8 Å². The van der Waals surface area contributed by atoms with E-state index >= 15 is 0 Å². The van der Waals surface area contributed by atoms with Gasteiger partial charge in [0, 0.05) is 18.0 Å². The van der Waals surface area contributed by atoms with Gasteiger partial charge in [0.2, 0.25) is 0 Å². The number of nitrogens with zero attached hydrogens (tertiary/aromatic N) is 2. The normalized spacial score (nSPS) is 14.9. The molecule has 2 heterocycles. The number of fused-ring (bicyclic) bond motifs is 1. The van der Waals surface area contributed by atoms with E-state index in [1.54, 1.807) is 0 Å². The van der Waals surface area contributed by atoms with Gasteiger partial charge in [-0.3, -0.25) is 0 Å². The molecule has 0 aromatic carbocycles. The largest absolute Gasteiger partial charge is 0.330 e. The lowest BCUT2D eigenvalue weighted by atomic mass is 10.2. The first-order chi connectivity index (χ1) is 6.33. The molecule has 0 atom stereocenters. The van der Waals surface area contributed by atoms with E-state index in [0.29, 0.717) is 0 Å². The first-order valence-corrected chi connectivity index (χ1v) is 5.70. The summed E-state index contributed by atoms with van der Waals surface area (Å²) in [5, 5.41) is 1.20. The zero-order valence-corrected chi connectivity index (χ0v) is 8.73. The summed E-state index contributed by atoms with van der Waals surface area (Å²) in [6, 6.07) is 0. The highest BCUT2D eigenvalue weighted by Crippen LogP contribution is 2.28. The quantitative estimate of drug-likeness (QED) is 0.791. The van der Waals surface area contributed by atoms with Crippen molar-refractivity contribution in [1.29, 1.82) is 0 Å². The van der Waals surface area contributed by atoms with Crippen molar-refractivity contribution in [2.24, 2.45) is 5.73 Å². The number of thioether (sulfide) groups is 1. The molecule has 0 unspecified atom stereocenters. The summed E-state index contributed by atoms with van der Waals surface area (Å²) in [5.41, 5.74) is 8.09. The minimum Gasteiger partial charge on any atom is -0.330 e. The highest BCUT2D eigenvalue weighted by atomic mass is 32.2. The Morgan fingerprint density at radius 3 is 3.23 bits per heavy atom. The topological polar surface area (TPSA) is 43.8 Å². The Balaban J connectivity index is 2.22. The average Bonchev–Trinajstić information content (AvgIpc) is 2.62. The smallest absolute Gasteiger partial charge is 0.168 e. The van der Waals surface area contributed by atoms with Crippen LogP contribution in [0.1, 0.15) is 17.8 Å². The van der Waals surface area contributed by atoms with Crippen LogP contribution in [0.3, 0.4) is 0 Å². The Hall–Kier alpha value is -0.480. The van der Waals surface area contributed by atoms with Gasteiger partial charge in [-0.05, 0) is 26.3 Å². The molecule has 2 rings (SSSR count). The fraction of sp³-hybridized carbons (Fsp3) is 0.667. The molecular weight excluding hydrogens is 182 g/mol. The minimum absolute atomic E-state index is 0.771. The lowest BCUT2D eigenvalue weighted by Gasteiger charge is -2.03. The maximum atomic E-state index is 5.51. The summed E-state index contributed by atoms with van der Waals surface area (Å²) in [7, 11) is 0. The molecule has 13 heavy (non-hydrogen) atoms. The third-order valence-electron chi connectivity index (χ3n) is 2.40. The molecule has 1 aliphatic heterocycles. The molecule has 0 bridgehead atoms. The van der Waals surface area contributed by atoms with Gasteiger partial charge in [-0.1, -0.05) is 11.8 Å². The van der Waals surface area contributed by atoms with Crippen molar-refractivity contribution in [2.45, 2.75) is 31.5 Å². The van der Waals surface area contributed by atoms with Crippen molar-refractivity contribution in [3.63, 3.8) is 0 Å². The summed E-state index contributed by atoms with van der Waals surface area (Å²) >= 11 is 1.86.